The van der Waals surface area contributed by atoms with Gasteiger partial charge in [0.15, 0.2) is 17.2 Å². The quantitative estimate of drug-likeness (QED) is 0.551. The van der Waals surface area contributed by atoms with Gasteiger partial charge in [0.2, 0.25) is 5.75 Å². The van der Waals surface area contributed by atoms with E-state index in [1.54, 1.807) is 27.8 Å². The van der Waals surface area contributed by atoms with Crippen LogP contribution >= 0.6 is 0 Å². The minimum atomic E-state index is -0.364. The lowest BCUT2D eigenvalue weighted by atomic mass is 10.1. The lowest BCUT2D eigenvalue weighted by molar-refractivity contribution is 0.0745. The lowest BCUT2D eigenvalue weighted by Gasteiger charge is -2.20. The maximum absolute atomic E-state index is 13.2. The highest BCUT2D eigenvalue weighted by Gasteiger charge is 2.26. The molecule has 1 aliphatic rings. The second-order valence-corrected chi connectivity index (χ2v) is 7.92. The number of amides is 2. The van der Waals surface area contributed by atoms with E-state index in [4.69, 9.17) is 14.2 Å². The predicted octanol–water partition coefficient (Wildman–Crippen LogP) is 2.89. The highest BCUT2D eigenvalue weighted by Crippen LogP contribution is 2.38. The predicted molar refractivity (Wildman–Crippen MR) is 125 cm³/mol. The molecule has 4 rings (SSSR count). The number of methoxy groups -OCH3 is 3. The summed E-state index contributed by atoms with van der Waals surface area (Å²) in [6.07, 6.45) is 0.764. The number of hydrogen-bond donors (Lipinski definition) is 1. The molecule has 0 atom stereocenters. The molecule has 1 N–H and O–H groups in total. The molecule has 1 aliphatic heterocycles. The monoisotopic (exact) mass is 464 g/mol. The van der Waals surface area contributed by atoms with Gasteiger partial charge in [-0.05, 0) is 29.7 Å². The van der Waals surface area contributed by atoms with Crippen molar-refractivity contribution in [3.63, 3.8) is 0 Å². The Labute approximate surface area is 198 Å². The number of nitrogens with one attached hydrogen (secondary N) is 1. The topological polar surface area (TPSA) is 94.9 Å². The van der Waals surface area contributed by atoms with E-state index in [9.17, 15) is 9.59 Å². The van der Waals surface area contributed by atoms with Crippen LogP contribution in [-0.4, -0.2) is 54.4 Å². The van der Waals surface area contributed by atoms with Crippen molar-refractivity contribution >= 4 is 11.8 Å². The fourth-order valence-corrected chi connectivity index (χ4v) is 4.01. The Morgan fingerprint density at radius 3 is 2.32 bits per heavy atom. The molecule has 0 radical (unpaired) electrons. The Morgan fingerprint density at radius 1 is 0.971 bits per heavy atom. The zero-order chi connectivity index (χ0) is 24.1. The van der Waals surface area contributed by atoms with Gasteiger partial charge in [0.25, 0.3) is 11.8 Å². The Morgan fingerprint density at radius 2 is 1.68 bits per heavy atom. The van der Waals surface area contributed by atoms with E-state index in [1.807, 2.05) is 30.3 Å². The summed E-state index contributed by atoms with van der Waals surface area (Å²) in [5.41, 5.74) is 2.46. The molecule has 0 bridgehead atoms. The van der Waals surface area contributed by atoms with Gasteiger partial charge in [-0.25, -0.2) is 0 Å². The molecule has 2 aromatic carbocycles. The number of rotatable bonds is 8. The van der Waals surface area contributed by atoms with Crippen molar-refractivity contribution in [3.05, 3.63) is 71.0 Å². The molecule has 0 fully saturated rings. The minimum Gasteiger partial charge on any atom is -0.493 e. The van der Waals surface area contributed by atoms with E-state index < -0.39 is 0 Å². The van der Waals surface area contributed by atoms with Gasteiger partial charge in [0, 0.05) is 32.2 Å². The van der Waals surface area contributed by atoms with Crippen molar-refractivity contribution in [3.8, 4) is 17.2 Å². The molecule has 0 saturated heterocycles. The Bertz CT molecular complexity index is 1150. The zero-order valence-electron chi connectivity index (χ0n) is 19.5. The standard InChI is InChI=1S/C25H28N4O5/c1-32-21-12-18(13-22(33-2)23(21)34-3)15-26-24(30)19-14-20-25(31)28(10-7-11-29(20)27-19)16-17-8-5-4-6-9-17/h4-6,8-9,12-14H,7,10-11,15-16H2,1-3H3,(H,26,30). The van der Waals surface area contributed by atoms with Gasteiger partial charge in [-0.15, -0.1) is 0 Å². The molecule has 1 aromatic heterocycles. The molecule has 178 valence electrons. The molecule has 2 amide bonds. The first-order chi connectivity index (χ1) is 16.5. The largest absolute Gasteiger partial charge is 0.493 e. The third-order valence-corrected chi connectivity index (χ3v) is 5.71. The molecule has 34 heavy (non-hydrogen) atoms. The number of fused-ring (bicyclic) bond motifs is 1. The highest BCUT2D eigenvalue weighted by atomic mass is 16.5. The molecule has 0 saturated carbocycles. The van der Waals surface area contributed by atoms with Crippen molar-refractivity contribution in [1.82, 2.24) is 20.0 Å². The summed E-state index contributed by atoms with van der Waals surface area (Å²) >= 11 is 0. The maximum Gasteiger partial charge on any atom is 0.272 e. The lowest BCUT2D eigenvalue weighted by Crippen LogP contribution is -2.30. The number of carbonyl (C=O) groups is 2. The number of aryl methyl sites for hydroxylation is 1. The van der Waals surface area contributed by atoms with E-state index in [0.29, 0.717) is 42.6 Å². The summed E-state index contributed by atoms with van der Waals surface area (Å²) in [5, 5.41) is 7.25. The van der Waals surface area contributed by atoms with Crippen LogP contribution in [0.25, 0.3) is 0 Å². The highest BCUT2D eigenvalue weighted by molar-refractivity contribution is 5.98. The molecule has 9 heteroatoms. The van der Waals surface area contributed by atoms with Crippen LogP contribution in [0.5, 0.6) is 17.2 Å². The Kier molecular flexibility index (Phi) is 7.01. The third kappa shape index (κ3) is 4.83. The van der Waals surface area contributed by atoms with Crippen molar-refractivity contribution < 1.29 is 23.8 Å². The summed E-state index contributed by atoms with van der Waals surface area (Å²) in [7, 11) is 4.61. The first-order valence-electron chi connectivity index (χ1n) is 11.0. The van der Waals surface area contributed by atoms with E-state index in [0.717, 1.165) is 17.5 Å². The van der Waals surface area contributed by atoms with Gasteiger partial charge in [0.05, 0.1) is 21.3 Å². The van der Waals surface area contributed by atoms with Crippen LogP contribution in [0.1, 0.15) is 38.5 Å². The van der Waals surface area contributed by atoms with Crippen LogP contribution < -0.4 is 19.5 Å². The third-order valence-electron chi connectivity index (χ3n) is 5.71. The van der Waals surface area contributed by atoms with Gasteiger partial charge in [-0.3, -0.25) is 14.3 Å². The summed E-state index contributed by atoms with van der Waals surface area (Å²) in [6.45, 7) is 1.96. The zero-order valence-corrected chi connectivity index (χ0v) is 19.5. The van der Waals surface area contributed by atoms with Crippen LogP contribution in [0.15, 0.2) is 48.5 Å². The van der Waals surface area contributed by atoms with E-state index in [2.05, 4.69) is 10.4 Å². The van der Waals surface area contributed by atoms with Crippen LogP contribution in [-0.2, 0) is 19.6 Å². The van der Waals surface area contributed by atoms with Crippen molar-refractivity contribution in [1.29, 1.82) is 0 Å². The fourth-order valence-electron chi connectivity index (χ4n) is 4.01. The molecular formula is C25H28N4O5. The average Bonchev–Trinajstić information content (AvgIpc) is 3.24. The van der Waals surface area contributed by atoms with Crippen LogP contribution in [0.2, 0.25) is 0 Å². The van der Waals surface area contributed by atoms with E-state index in [-0.39, 0.29) is 24.1 Å². The van der Waals surface area contributed by atoms with Crippen LogP contribution in [0, 0.1) is 0 Å². The molecule has 2 heterocycles. The molecular weight excluding hydrogens is 436 g/mol. The number of aromatic nitrogens is 2. The minimum absolute atomic E-state index is 0.127. The molecule has 0 spiro atoms. The Balaban J connectivity index is 1.47. The number of carbonyl (C=O) groups excluding carboxylic acids is 2. The van der Waals surface area contributed by atoms with Crippen LogP contribution in [0.4, 0.5) is 0 Å². The smallest absolute Gasteiger partial charge is 0.272 e. The first kappa shape index (κ1) is 23.2. The Hall–Kier alpha value is -4.01. The van der Waals surface area contributed by atoms with Gasteiger partial charge in [-0.1, -0.05) is 30.3 Å². The second kappa shape index (κ2) is 10.3. The van der Waals surface area contributed by atoms with Gasteiger partial charge >= 0.3 is 0 Å². The fraction of sp³-hybridized carbons (Fsp3) is 0.320. The number of benzene rings is 2. The average molecular weight is 465 g/mol. The van der Waals surface area contributed by atoms with Gasteiger partial charge in [0.1, 0.15) is 5.69 Å². The number of ether oxygens (including phenoxy) is 3. The normalized spacial score (nSPS) is 13.1. The number of hydrogen-bond acceptors (Lipinski definition) is 6. The van der Waals surface area contributed by atoms with Crippen molar-refractivity contribution in [2.75, 3.05) is 27.9 Å². The van der Waals surface area contributed by atoms with E-state index >= 15 is 0 Å². The van der Waals surface area contributed by atoms with Gasteiger partial charge < -0.3 is 24.4 Å². The summed E-state index contributed by atoms with van der Waals surface area (Å²) in [4.78, 5) is 27.8. The van der Waals surface area contributed by atoms with Crippen molar-refractivity contribution in [2.24, 2.45) is 0 Å². The molecule has 0 aliphatic carbocycles. The van der Waals surface area contributed by atoms with Crippen molar-refractivity contribution in [2.45, 2.75) is 26.1 Å². The summed E-state index contributed by atoms with van der Waals surface area (Å²) in [6, 6.07) is 15.0. The van der Waals surface area contributed by atoms with E-state index in [1.165, 1.54) is 21.3 Å². The number of nitrogens with zero attached hydrogens (tertiary/aromatic N) is 3. The van der Waals surface area contributed by atoms with Gasteiger partial charge in [-0.2, -0.15) is 5.10 Å². The summed E-state index contributed by atoms with van der Waals surface area (Å²) in [5.74, 6) is 0.999. The first-order valence-corrected chi connectivity index (χ1v) is 11.0. The summed E-state index contributed by atoms with van der Waals surface area (Å²) < 4.78 is 17.7. The SMILES string of the molecule is COc1cc(CNC(=O)c2cc3n(n2)CCCN(Cc2ccccc2)C3=O)cc(OC)c1OC. The van der Waals surface area contributed by atoms with Crippen LogP contribution in [0.3, 0.4) is 0 Å². The molecule has 0 unspecified atom stereocenters. The molecule has 3 aromatic rings. The second-order valence-electron chi connectivity index (χ2n) is 7.92. The molecule has 9 nitrogen and oxygen atoms in total. The maximum atomic E-state index is 13.2.